The number of benzene rings is 3. The van der Waals surface area contributed by atoms with E-state index in [1.54, 1.807) is 0 Å². The third-order valence-corrected chi connectivity index (χ3v) is 5.29. The van der Waals surface area contributed by atoms with Crippen LogP contribution >= 0.6 is 0 Å². The highest BCUT2D eigenvalue weighted by Crippen LogP contribution is 2.57. The van der Waals surface area contributed by atoms with Crippen molar-refractivity contribution in [1.82, 2.24) is 0 Å². The molecule has 6 rings (SSSR count). The number of anilines is 2. The molecule has 106 valence electrons. The topological polar surface area (TPSA) is 3.24 Å². The molecule has 0 spiro atoms. The normalized spacial score (nSPS) is 17.0. The van der Waals surface area contributed by atoms with E-state index in [1.807, 2.05) is 0 Å². The lowest BCUT2D eigenvalue weighted by Crippen LogP contribution is -2.46. The van der Waals surface area contributed by atoms with E-state index >= 15 is 0 Å². The van der Waals surface area contributed by atoms with Crippen molar-refractivity contribution in [2.75, 3.05) is 11.4 Å². The maximum Gasteiger partial charge on any atom is 0.0509 e. The molecule has 2 bridgehead atoms. The summed E-state index contributed by atoms with van der Waals surface area (Å²) in [5.41, 5.74) is 7.06. The standard InChI is InChI=1S/C21H17N/c1-2-8-16(9-3-1)21-14-15-22(19-12-6-4-10-17(19)21)20-13-7-5-11-18(20)21/h1-13H,14-15H2. The van der Waals surface area contributed by atoms with Crippen molar-refractivity contribution in [3.63, 3.8) is 0 Å². The summed E-state index contributed by atoms with van der Waals surface area (Å²) in [4.78, 5) is 2.48. The lowest BCUT2D eigenvalue weighted by molar-refractivity contribution is 0.515. The molecule has 3 aromatic carbocycles. The van der Waals surface area contributed by atoms with Gasteiger partial charge in [0, 0.05) is 17.9 Å². The molecule has 3 aromatic rings. The van der Waals surface area contributed by atoms with Crippen LogP contribution in [-0.2, 0) is 5.41 Å². The number of rotatable bonds is 1. The lowest BCUT2D eigenvalue weighted by Gasteiger charge is -2.51. The van der Waals surface area contributed by atoms with Gasteiger partial charge in [0.25, 0.3) is 0 Å². The monoisotopic (exact) mass is 283 g/mol. The van der Waals surface area contributed by atoms with Gasteiger partial charge in [-0.1, -0.05) is 66.7 Å². The zero-order chi connectivity index (χ0) is 14.6. The van der Waals surface area contributed by atoms with Crippen LogP contribution in [0.25, 0.3) is 0 Å². The van der Waals surface area contributed by atoms with Crippen LogP contribution in [0.4, 0.5) is 11.4 Å². The Hall–Kier alpha value is -2.54. The Kier molecular flexibility index (Phi) is 2.32. The summed E-state index contributed by atoms with van der Waals surface area (Å²) < 4.78 is 0. The molecule has 0 aromatic heterocycles. The molecule has 3 heterocycles. The van der Waals surface area contributed by atoms with Gasteiger partial charge in [-0.3, -0.25) is 0 Å². The van der Waals surface area contributed by atoms with E-state index in [9.17, 15) is 0 Å². The smallest absolute Gasteiger partial charge is 0.0509 e. The molecule has 3 aliphatic rings. The minimum absolute atomic E-state index is 0.00317. The third kappa shape index (κ3) is 1.34. The van der Waals surface area contributed by atoms with Crippen molar-refractivity contribution in [2.24, 2.45) is 0 Å². The average molecular weight is 283 g/mol. The van der Waals surface area contributed by atoms with Crippen LogP contribution < -0.4 is 4.90 Å². The van der Waals surface area contributed by atoms with Gasteiger partial charge in [-0.25, -0.2) is 0 Å². The Morgan fingerprint density at radius 3 is 1.82 bits per heavy atom. The van der Waals surface area contributed by atoms with Crippen LogP contribution in [0.15, 0.2) is 78.9 Å². The molecule has 1 nitrogen and oxygen atoms in total. The number of nitrogens with zero attached hydrogens (tertiary/aromatic N) is 1. The molecule has 3 aliphatic heterocycles. The van der Waals surface area contributed by atoms with Crippen LogP contribution in [0.2, 0.25) is 0 Å². The van der Waals surface area contributed by atoms with Gasteiger partial charge in [-0.05, 0) is 35.2 Å². The van der Waals surface area contributed by atoms with Crippen molar-refractivity contribution in [3.05, 3.63) is 95.6 Å². The molecule has 0 saturated heterocycles. The second kappa shape index (κ2) is 4.23. The Morgan fingerprint density at radius 2 is 1.18 bits per heavy atom. The Balaban J connectivity index is 1.92. The van der Waals surface area contributed by atoms with Gasteiger partial charge in [0.05, 0.1) is 5.41 Å². The summed E-state index contributed by atoms with van der Waals surface area (Å²) in [6.45, 7) is 1.09. The van der Waals surface area contributed by atoms with E-state index in [1.165, 1.54) is 28.1 Å². The SMILES string of the molecule is c1ccc(C23CCN(c4ccccc42)c2ccccc23)cc1. The fraction of sp³-hybridized carbons (Fsp3) is 0.143. The predicted octanol–water partition coefficient (Wildman–Crippen LogP) is 4.88. The number of hydrogen-bond donors (Lipinski definition) is 0. The summed E-state index contributed by atoms with van der Waals surface area (Å²) in [5, 5.41) is 0. The summed E-state index contributed by atoms with van der Waals surface area (Å²) in [7, 11) is 0. The minimum atomic E-state index is 0.00317. The van der Waals surface area contributed by atoms with Crippen molar-refractivity contribution >= 4 is 11.4 Å². The summed E-state index contributed by atoms with van der Waals surface area (Å²) in [6, 6.07) is 28.8. The van der Waals surface area contributed by atoms with E-state index < -0.39 is 0 Å². The fourth-order valence-electron chi connectivity index (χ4n) is 4.38. The molecule has 0 atom stereocenters. The molecule has 22 heavy (non-hydrogen) atoms. The van der Waals surface area contributed by atoms with Crippen molar-refractivity contribution in [2.45, 2.75) is 11.8 Å². The summed E-state index contributed by atoms with van der Waals surface area (Å²) in [6.07, 6.45) is 1.14. The highest BCUT2D eigenvalue weighted by Gasteiger charge is 2.48. The van der Waals surface area contributed by atoms with Gasteiger partial charge in [-0.2, -0.15) is 0 Å². The molecule has 0 unspecified atom stereocenters. The minimum Gasteiger partial charge on any atom is -0.341 e. The van der Waals surface area contributed by atoms with Crippen LogP contribution in [-0.4, -0.2) is 6.54 Å². The van der Waals surface area contributed by atoms with E-state index in [2.05, 4.69) is 83.8 Å². The number of hydrogen-bond acceptors (Lipinski definition) is 1. The van der Waals surface area contributed by atoms with Gasteiger partial charge >= 0.3 is 0 Å². The molecular formula is C21H17N. The first-order valence-corrected chi connectivity index (χ1v) is 7.93. The lowest BCUT2D eigenvalue weighted by atomic mass is 9.62. The van der Waals surface area contributed by atoms with Crippen molar-refractivity contribution in [1.29, 1.82) is 0 Å². The van der Waals surface area contributed by atoms with Gasteiger partial charge in [0.1, 0.15) is 0 Å². The predicted molar refractivity (Wildman–Crippen MR) is 90.8 cm³/mol. The maximum atomic E-state index is 2.48. The second-order valence-corrected chi connectivity index (χ2v) is 6.21. The number of para-hydroxylation sites is 2. The Labute approximate surface area is 130 Å². The zero-order valence-corrected chi connectivity index (χ0v) is 12.4. The van der Waals surface area contributed by atoms with Gasteiger partial charge in [-0.15, -0.1) is 0 Å². The molecule has 0 saturated carbocycles. The second-order valence-electron chi connectivity index (χ2n) is 6.21. The first-order valence-electron chi connectivity index (χ1n) is 7.93. The first-order chi connectivity index (χ1) is 10.9. The van der Waals surface area contributed by atoms with Crippen LogP contribution in [0.5, 0.6) is 0 Å². The van der Waals surface area contributed by atoms with E-state index in [4.69, 9.17) is 0 Å². The van der Waals surface area contributed by atoms with E-state index in [0.29, 0.717) is 0 Å². The average Bonchev–Trinajstić information content (AvgIpc) is 2.63. The Bertz CT molecular complexity index is 803. The maximum absolute atomic E-state index is 2.48. The fourth-order valence-corrected chi connectivity index (χ4v) is 4.38. The molecule has 0 radical (unpaired) electrons. The van der Waals surface area contributed by atoms with Gasteiger partial charge in [0.15, 0.2) is 0 Å². The quantitative estimate of drug-likeness (QED) is 0.615. The molecule has 0 amide bonds. The van der Waals surface area contributed by atoms with Crippen molar-refractivity contribution < 1.29 is 0 Å². The summed E-state index contributed by atoms with van der Waals surface area (Å²) >= 11 is 0. The Morgan fingerprint density at radius 1 is 0.636 bits per heavy atom. The highest BCUT2D eigenvalue weighted by atomic mass is 15.2. The molecule has 0 N–H and O–H groups in total. The molecule has 1 heteroatoms. The molecular weight excluding hydrogens is 266 g/mol. The van der Waals surface area contributed by atoms with Crippen LogP contribution in [0, 0.1) is 0 Å². The highest BCUT2D eigenvalue weighted by molar-refractivity contribution is 5.82. The van der Waals surface area contributed by atoms with Crippen LogP contribution in [0.1, 0.15) is 23.1 Å². The van der Waals surface area contributed by atoms with E-state index in [0.717, 1.165) is 13.0 Å². The first kappa shape index (κ1) is 12.0. The largest absolute Gasteiger partial charge is 0.341 e. The zero-order valence-electron chi connectivity index (χ0n) is 12.4. The third-order valence-electron chi connectivity index (χ3n) is 5.29. The molecule has 0 fully saturated rings. The van der Waals surface area contributed by atoms with Crippen LogP contribution in [0.3, 0.4) is 0 Å². The van der Waals surface area contributed by atoms with E-state index in [-0.39, 0.29) is 5.41 Å². The van der Waals surface area contributed by atoms with Crippen molar-refractivity contribution in [3.8, 4) is 0 Å². The van der Waals surface area contributed by atoms with Gasteiger partial charge in [0.2, 0.25) is 0 Å². The number of fused-ring (bicyclic) bond motifs is 1. The van der Waals surface area contributed by atoms with Gasteiger partial charge < -0.3 is 4.90 Å². The molecule has 0 aliphatic carbocycles. The summed E-state index contributed by atoms with van der Waals surface area (Å²) in [5.74, 6) is 0.